The van der Waals surface area contributed by atoms with Gasteiger partial charge in [-0.1, -0.05) is 0 Å². The average Bonchev–Trinajstić information content (AvgIpc) is 2.39. The van der Waals surface area contributed by atoms with E-state index >= 15 is 0 Å². The Balaban J connectivity index is 1.95. The van der Waals surface area contributed by atoms with E-state index in [4.69, 9.17) is 10.8 Å². The SMILES string of the molecule is CN1CCC(CNc2nc(C(=O)O)ccc2N)CC1. The summed E-state index contributed by atoms with van der Waals surface area (Å²) in [6.07, 6.45) is 2.28. The van der Waals surface area contributed by atoms with E-state index in [1.165, 1.54) is 6.07 Å². The van der Waals surface area contributed by atoms with Crippen LogP contribution in [0.15, 0.2) is 12.1 Å². The molecular formula is C13H20N4O2. The topological polar surface area (TPSA) is 91.5 Å². The van der Waals surface area contributed by atoms with E-state index in [9.17, 15) is 4.79 Å². The summed E-state index contributed by atoms with van der Waals surface area (Å²) < 4.78 is 0. The number of hydrogen-bond donors (Lipinski definition) is 3. The fourth-order valence-corrected chi connectivity index (χ4v) is 2.24. The number of nitrogen functional groups attached to an aromatic ring is 1. The van der Waals surface area contributed by atoms with Crippen molar-refractivity contribution in [1.29, 1.82) is 0 Å². The van der Waals surface area contributed by atoms with Crippen LogP contribution in [0.2, 0.25) is 0 Å². The van der Waals surface area contributed by atoms with E-state index in [1.807, 2.05) is 0 Å². The Bertz CT molecular complexity index is 456. The van der Waals surface area contributed by atoms with Crippen LogP contribution in [-0.2, 0) is 0 Å². The second-order valence-corrected chi connectivity index (χ2v) is 5.07. The first-order valence-corrected chi connectivity index (χ1v) is 6.48. The number of nitrogens with one attached hydrogen (secondary N) is 1. The highest BCUT2D eigenvalue weighted by Gasteiger charge is 2.17. The molecule has 19 heavy (non-hydrogen) atoms. The summed E-state index contributed by atoms with van der Waals surface area (Å²) in [5, 5.41) is 12.1. The first kappa shape index (κ1) is 13.6. The number of likely N-dealkylation sites (tertiary alicyclic amines) is 1. The Morgan fingerprint density at radius 1 is 1.53 bits per heavy atom. The number of anilines is 2. The lowest BCUT2D eigenvalue weighted by Crippen LogP contribution is -2.33. The monoisotopic (exact) mass is 264 g/mol. The molecule has 1 aliphatic rings. The normalized spacial score (nSPS) is 17.3. The minimum atomic E-state index is -1.04. The van der Waals surface area contributed by atoms with Crippen molar-refractivity contribution in [2.24, 2.45) is 5.92 Å². The second-order valence-electron chi connectivity index (χ2n) is 5.07. The van der Waals surface area contributed by atoms with Crippen molar-refractivity contribution in [2.75, 3.05) is 37.7 Å². The van der Waals surface area contributed by atoms with Crippen molar-refractivity contribution in [3.8, 4) is 0 Å². The predicted octanol–water partition coefficient (Wildman–Crippen LogP) is 1.12. The molecule has 0 atom stereocenters. The van der Waals surface area contributed by atoms with E-state index < -0.39 is 5.97 Å². The van der Waals surface area contributed by atoms with Crippen LogP contribution in [0.3, 0.4) is 0 Å². The van der Waals surface area contributed by atoms with E-state index in [0.29, 0.717) is 17.4 Å². The lowest BCUT2D eigenvalue weighted by atomic mass is 9.97. The summed E-state index contributed by atoms with van der Waals surface area (Å²) in [6.45, 7) is 2.99. The van der Waals surface area contributed by atoms with Gasteiger partial charge in [0.05, 0.1) is 5.69 Å². The summed E-state index contributed by atoms with van der Waals surface area (Å²) >= 11 is 0. The largest absolute Gasteiger partial charge is 0.477 e. The molecule has 2 heterocycles. The molecule has 4 N–H and O–H groups in total. The minimum Gasteiger partial charge on any atom is -0.477 e. The zero-order valence-electron chi connectivity index (χ0n) is 11.1. The van der Waals surface area contributed by atoms with E-state index in [-0.39, 0.29) is 5.69 Å². The quantitative estimate of drug-likeness (QED) is 0.754. The highest BCUT2D eigenvalue weighted by Crippen LogP contribution is 2.20. The van der Waals surface area contributed by atoms with Crippen LogP contribution in [0.5, 0.6) is 0 Å². The Morgan fingerprint density at radius 3 is 2.84 bits per heavy atom. The van der Waals surface area contributed by atoms with E-state index in [1.54, 1.807) is 6.07 Å². The van der Waals surface area contributed by atoms with Gasteiger partial charge in [-0.05, 0) is 51.0 Å². The molecule has 0 bridgehead atoms. The van der Waals surface area contributed by atoms with Gasteiger partial charge >= 0.3 is 5.97 Å². The predicted molar refractivity (Wildman–Crippen MR) is 74.3 cm³/mol. The maximum atomic E-state index is 10.9. The first-order chi connectivity index (χ1) is 9.06. The minimum absolute atomic E-state index is 0.0140. The van der Waals surface area contributed by atoms with Gasteiger partial charge in [0.25, 0.3) is 0 Å². The molecule has 1 aromatic rings. The molecule has 0 spiro atoms. The highest BCUT2D eigenvalue weighted by atomic mass is 16.4. The van der Waals surface area contributed by atoms with Gasteiger partial charge in [-0.15, -0.1) is 0 Å². The van der Waals surface area contributed by atoms with Gasteiger partial charge in [0.15, 0.2) is 5.69 Å². The number of aromatic nitrogens is 1. The van der Waals surface area contributed by atoms with Crippen molar-refractivity contribution >= 4 is 17.5 Å². The smallest absolute Gasteiger partial charge is 0.354 e. The van der Waals surface area contributed by atoms with Gasteiger partial charge in [0, 0.05) is 6.54 Å². The highest BCUT2D eigenvalue weighted by molar-refractivity contribution is 5.86. The zero-order valence-corrected chi connectivity index (χ0v) is 11.1. The molecule has 0 unspecified atom stereocenters. The molecule has 1 aliphatic heterocycles. The Kier molecular flexibility index (Phi) is 4.21. The summed E-state index contributed by atoms with van der Waals surface area (Å²) in [5.41, 5.74) is 6.30. The lowest BCUT2D eigenvalue weighted by Gasteiger charge is -2.29. The number of carboxylic acids is 1. The van der Waals surface area contributed by atoms with Crippen LogP contribution in [0.25, 0.3) is 0 Å². The van der Waals surface area contributed by atoms with Gasteiger partial charge in [-0.3, -0.25) is 0 Å². The van der Waals surface area contributed by atoms with Gasteiger partial charge < -0.3 is 21.1 Å². The number of pyridine rings is 1. The van der Waals surface area contributed by atoms with Crippen LogP contribution in [-0.4, -0.2) is 47.6 Å². The third-order valence-corrected chi connectivity index (χ3v) is 3.54. The maximum absolute atomic E-state index is 10.9. The van der Waals surface area contributed by atoms with Crippen molar-refractivity contribution < 1.29 is 9.90 Å². The molecule has 1 fully saturated rings. The third-order valence-electron chi connectivity index (χ3n) is 3.54. The van der Waals surface area contributed by atoms with Crippen LogP contribution in [0.4, 0.5) is 11.5 Å². The number of nitrogens with two attached hydrogens (primary N) is 1. The Morgan fingerprint density at radius 2 is 2.21 bits per heavy atom. The molecule has 0 aliphatic carbocycles. The average molecular weight is 264 g/mol. The Labute approximate surface area is 112 Å². The number of rotatable bonds is 4. The molecule has 6 nitrogen and oxygen atoms in total. The Hall–Kier alpha value is -1.82. The molecular weight excluding hydrogens is 244 g/mol. The van der Waals surface area contributed by atoms with Gasteiger partial charge in [0.2, 0.25) is 0 Å². The number of carbonyl (C=O) groups is 1. The van der Waals surface area contributed by atoms with Crippen LogP contribution >= 0.6 is 0 Å². The molecule has 1 aromatic heterocycles. The number of nitrogens with zero attached hydrogens (tertiary/aromatic N) is 2. The molecule has 1 saturated heterocycles. The number of piperidine rings is 1. The van der Waals surface area contributed by atoms with Crippen molar-refractivity contribution in [3.05, 3.63) is 17.8 Å². The van der Waals surface area contributed by atoms with Gasteiger partial charge in [-0.25, -0.2) is 9.78 Å². The summed E-state index contributed by atoms with van der Waals surface area (Å²) in [7, 11) is 2.12. The van der Waals surface area contributed by atoms with Crippen LogP contribution in [0, 0.1) is 5.92 Å². The summed E-state index contributed by atoms with van der Waals surface area (Å²) in [4.78, 5) is 17.2. The number of aromatic carboxylic acids is 1. The second kappa shape index (κ2) is 5.88. The molecule has 0 aromatic carbocycles. The molecule has 6 heteroatoms. The van der Waals surface area contributed by atoms with Crippen LogP contribution < -0.4 is 11.1 Å². The van der Waals surface area contributed by atoms with Crippen molar-refractivity contribution in [3.63, 3.8) is 0 Å². The lowest BCUT2D eigenvalue weighted by molar-refractivity contribution is 0.0690. The van der Waals surface area contributed by atoms with Gasteiger partial charge in [0.1, 0.15) is 5.82 Å². The fourth-order valence-electron chi connectivity index (χ4n) is 2.24. The van der Waals surface area contributed by atoms with E-state index in [0.717, 1.165) is 32.5 Å². The molecule has 0 saturated carbocycles. The maximum Gasteiger partial charge on any atom is 0.354 e. The fraction of sp³-hybridized carbons (Fsp3) is 0.538. The van der Waals surface area contributed by atoms with Crippen LogP contribution in [0.1, 0.15) is 23.3 Å². The molecule has 2 rings (SSSR count). The number of hydrogen-bond acceptors (Lipinski definition) is 5. The first-order valence-electron chi connectivity index (χ1n) is 6.48. The van der Waals surface area contributed by atoms with Crippen molar-refractivity contribution in [2.45, 2.75) is 12.8 Å². The van der Waals surface area contributed by atoms with E-state index in [2.05, 4.69) is 22.2 Å². The molecule has 0 radical (unpaired) electrons. The molecule has 104 valence electrons. The summed E-state index contributed by atoms with van der Waals surface area (Å²) in [6, 6.07) is 2.99. The standard InChI is InChI=1S/C13H20N4O2/c1-17-6-4-9(5-7-17)8-15-12-10(14)2-3-11(16-12)13(18)19/h2-3,9H,4-8,14H2,1H3,(H,15,16)(H,18,19). The third kappa shape index (κ3) is 3.57. The molecule has 0 amide bonds. The number of carboxylic acid groups (broad SMARTS) is 1. The van der Waals surface area contributed by atoms with Gasteiger partial charge in [-0.2, -0.15) is 0 Å². The summed E-state index contributed by atoms with van der Waals surface area (Å²) in [5.74, 6) is 0.0204. The zero-order chi connectivity index (χ0) is 13.8. The van der Waals surface area contributed by atoms with Crippen molar-refractivity contribution in [1.82, 2.24) is 9.88 Å².